The third-order valence-electron chi connectivity index (χ3n) is 6.14. The van der Waals surface area contributed by atoms with E-state index in [0.29, 0.717) is 0 Å². The Morgan fingerprint density at radius 1 is 0.441 bits per heavy atom. The number of unbranched alkanes of at least 4 members (excludes halogenated alkanes) is 16. The van der Waals surface area contributed by atoms with Crippen LogP contribution < -0.4 is 0 Å². The summed E-state index contributed by atoms with van der Waals surface area (Å²) in [5.74, 6) is -0.697. The monoisotopic (exact) mass is 472 g/mol. The first-order valence-corrected chi connectivity index (χ1v) is 14.6. The number of rotatable bonds is 26. The van der Waals surface area contributed by atoms with E-state index in [9.17, 15) is 4.79 Å². The molecular weight excluding hydrogens is 416 g/mol. The van der Waals surface area contributed by atoms with E-state index in [1.54, 1.807) is 0 Å². The van der Waals surface area contributed by atoms with E-state index in [0.717, 1.165) is 25.7 Å². The van der Waals surface area contributed by atoms with Crippen LogP contribution in [0.25, 0.3) is 0 Å². The standard InChI is InChI=1S/C32H56O2/c1-2-3-4-5-6-7-8-9-10-11-12-13-14-15-16-17-18-19-20-21-22-23-24-25-26-27-28-29-30-31-32(33)34/h7-8,11-12,23-24,27-28H,2-6,9-10,13-22,25-26,29-31H2,1H3,(H,33,34). The quantitative estimate of drug-likeness (QED) is 0.100. The Hall–Kier alpha value is -1.57. The molecule has 0 aliphatic rings. The van der Waals surface area contributed by atoms with Crippen LogP contribution in [0.1, 0.15) is 148 Å². The molecule has 2 nitrogen and oxygen atoms in total. The summed E-state index contributed by atoms with van der Waals surface area (Å²) >= 11 is 0. The lowest BCUT2D eigenvalue weighted by Gasteiger charge is -2.01. The number of hydrogen-bond acceptors (Lipinski definition) is 1. The van der Waals surface area contributed by atoms with Crippen LogP contribution in [0.2, 0.25) is 0 Å². The highest BCUT2D eigenvalue weighted by Gasteiger charge is 1.93. The molecule has 0 aliphatic heterocycles. The second-order valence-corrected chi connectivity index (χ2v) is 9.58. The maximum Gasteiger partial charge on any atom is 0.303 e. The fraction of sp³-hybridized carbons (Fsp3) is 0.719. The van der Waals surface area contributed by atoms with Gasteiger partial charge in [-0.25, -0.2) is 0 Å². The largest absolute Gasteiger partial charge is 0.481 e. The highest BCUT2D eigenvalue weighted by Crippen LogP contribution is 2.11. The number of allylic oxidation sites excluding steroid dienone is 8. The van der Waals surface area contributed by atoms with Crippen molar-refractivity contribution in [3.8, 4) is 0 Å². The Morgan fingerprint density at radius 2 is 0.735 bits per heavy atom. The minimum atomic E-state index is -0.697. The average Bonchev–Trinajstić information content (AvgIpc) is 2.83. The van der Waals surface area contributed by atoms with Crippen molar-refractivity contribution in [2.24, 2.45) is 0 Å². The van der Waals surface area contributed by atoms with Crippen molar-refractivity contribution in [2.45, 2.75) is 148 Å². The van der Waals surface area contributed by atoms with Gasteiger partial charge in [-0.15, -0.1) is 0 Å². The van der Waals surface area contributed by atoms with Gasteiger partial charge in [0.05, 0.1) is 0 Å². The average molecular weight is 473 g/mol. The molecule has 0 fully saturated rings. The minimum absolute atomic E-state index is 0.277. The van der Waals surface area contributed by atoms with Crippen LogP contribution >= 0.6 is 0 Å². The van der Waals surface area contributed by atoms with E-state index >= 15 is 0 Å². The molecule has 0 heterocycles. The van der Waals surface area contributed by atoms with Crippen LogP contribution in [0, 0.1) is 0 Å². The maximum absolute atomic E-state index is 10.4. The molecule has 0 saturated carbocycles. The molecule has 0 unspecified atom stereocenters. The number of carboxylic acids is 1. The summed E-state index contributed by atoms with van der Waals surface area (Å²) in [6, 6.07) is 0. The van der Waals surface area contributed by atoms with Gasteiger partial charge in [0.2, 0.25) is 0 Å². The third-order valence-corrected chi connectivity index (χ3v) is 6.14. The van der Waals surface area contributed by atoms with Gasteiger partial charge in [-0.05, 0) is 77.0 Å². The van der Waals surface area contributed by atoms with Gasteiger partial charge in [-0.2, -0.15) is 0 Å². The summed E-state index contributed by atoms with van der Waals surface area (Å²) in [6.07, 6.45) is 45.1. The third kappa shape index (κ3) is 30.4. The summed E-state index contributed by atoms with van der Waals surface area (Å²) in [5.41, 5.74) is 0. The number of hydrogen-bond donors (Lipinski definition) is 1. The first-order valence-electron chi connectivity index (χ1n) is 14.6. The molecule has 0 atom stereocenters. The molecule has 0 rings (SSSR count). The van der Waals surface area contributed by atoms with Crippen LogP contribution in [-0.2, 0) is 4.79 Å². The molecule has 0 aromatic carbocycles. The zero-order valence-electron chi connectivity index (χ0n) is 22.5. The van der Waals surface area contributed by atoms with Crippen LogP contribution in [0.4, 0.5) is 0 Å². The molecule has 0 radical (unpaired) electrons. The van der Waals surface area contributed by atoms with Crippen molar-refractivity contribution in [1.29, 1.82) is 0 Å². The van der Waals surface area contributed by atoms with Crippen molar-refractivity contribution in [2.75, 3.05) is 0 Å². The van der Waals surface area contributed by atoms with Crippen molar-refractivity contribution in [3.05, 3.63) is 48.6 Å². The van der Waals surface area contributed by atoms with Crippen LogP contribution in [-0.4, -0.2) is 11.1 Å². The number of carboxylic acid groups (broad SMARTS) is 1. The summed E-state index contributed by atoms with van der Waals surface area (Å²) in [6.45, 7) is 2.27. The molecule has 0 amide bonds. The highest BCUT2D eigenvalue weighted by molar-refractivity contribution is 5.66. The summed E-state index contributed by atoms with van der Waals surface area (Å²) in [7, 11) is 0. The van der Waals surface area contributed by atoms with Gasteiger partial charge >= 0.3 is 5.97 Å². The van der Waals surface area contributed by atoms with Crippen molar-refractivity contribution in [1.82, 2.24) is 0 Å². The smallest absolute Gasteiger partial charge is 0.303 e. The first-order chi connectivity index (χ1) is 16.8. The van der Waals surface area contributed by atoms with E-state index in [1.165, 1.54) is 109 Å². The van der Waals surface area contributed by atoms with Crippen molar-refractivity contribution >= 4 is 5.97 Å². The topological polar surface area (TPSA) is 37.3 Å². The Bertz CT molecular complexity index is 527. The molecule has 0 spiro atoms. The van der Waals surface area contributed by atoms with Gasteiger partial charge < -0.3 is 5.11 Å². The summed E-state index contributed by atoms with van der Waals surface area (Å²) in [5, 5.41) is 8.58. The Morgan fingerprint density at radius 3 is 1.09 bits per heavy atom. The molecule has 34 heavy (non-hydrogen) atoms. The fourth-order valence-electron chi connectivity index (χ4n) is 3.97. The van der Waals surface area contributed by atoms with E-state index in [-0.39, 0.29) is 6.42 Å². The molecule has 196 valence electrons. The maximum atomic E-state index is 10.4. The van der Waals surface area contributed by atoms with Crippen molar-refractivity contribution < 1.29 is 9.90 Å². The summed E-state index contributed by atoms with van der Waals surface area (Å²) < 4.78 is 0. The molecule has 0 aliphatic carbocycles. The van der Waals surface area contributed by atoms with Gasteiger partial charge in [-0.1, -0.05) is 113 Å². The molecule has 0 aromatic rings. The number of aliphatic carboxylic acids is 1. The zero-order valence-corrected chi connectivity index (χ0v) is 22.5. The Kier molecular flexibility index (Phi) is 28.1. The van der Waals surface area contributed by atoms with Crippen molar-refractivity contribution in [3.63, 3.8) is 0 Å². The summed E-state index contributed by atoms with van der Waals surface area (Å²) in [4.78, 5) is 10.4. The van der Waals surface area contributed by atoms with Crippen LogP contribution in [0.5, 0.6) is 0 Å². The predicted octanol–water partition coefficient (Wildman–Crippen LogP) is 10.9. The lowest BCUT2D eigenvalue weighted by Crippen LogP contribution is -1.92. The van der Waals surface area contributed by atoms with Gasteiger partial charge in [0.25, 0.3) is 0 Å². The van der Waals surface area contributed by atoms with E-state index < -0.39 is 5.97 Å². The van der Waals surface area contributed by atoms with Crippen LogP contribution in [0.3, 0.4) is 0 Å². The van der Waals surface area contributed by atoms with Gasteiger partial charge in [0, 0.05) is 6.42 Å². The second-order valence-electron chi connectivity index (χ2n) is 9.58. The molecule has 2 heteroatoms. The Labute approximate surface area is 212 Å². The van der Waals surface area contributed by atoms with Gasteiger partial charge in [-0.3, -0.25) is 4.79 Å². The van der Waals surface area contributed by atoms with Crippen LogP contribution in [0.15, 0.2) is 48.6 Å². The molecule has 0 bridgehead atoms. The lowest BCUT2D eigenvalue weighted by molar-refractivity contribution is -0.137. The minimum Gasteiger partial charge on any atom is -0.481 e. The number of carbonyl (C=O) groups is 1. The zero-order chi connectivity index (χ0) is 24.8. The fourth-order valence-corrected chi connectivity index (χ4v) is 3.97. The Balaban J connectivity index is 3.23. The normalized spacial score (nSPS) is 12.3. The van der Waals surface area contributed by atoms with Gasteiger partial charge in [0.1, 0.15) is 0 Å². The molecule has 1 N–H and O–H groups in total. The first kappa shape index (κ1) is 32.4. The predicted molar refractivity (Wildman–Crippen MR) is 151 cm³/mol. The molecule has 0 aromatic heterocycles. The SMILES string of the molecule is CCCCCCC=CCCC=CCCCCCCCCCCC=CCCC=CCCCC(=O)O. The van der Waals surface area contributed by atoms with E-state index in [1.807, 2.05) is 0 Å². The lowest BCUT2D eigenvalue weighted by atomic mass is 10.1. The molecular formula is C32H56O2. The van der Waals surface area contributed by atoms with Gasteiger partial charge in [0.15, 0.2) is 0 Å². The second kappa shape index (κ2) is 29.5. The molecule has 0 saturated heterocycles. The van der Waals surface area contributed by atoms with E-state index in [2.05, 4.69) is 55.5 Å². The van der Waals surface area contributed by atoms with E-state index in [4.69, 9.17) is 5.11 Å². The highest BCUT2D eigenvalue weighted by atomic mass is 16.4.